The highest BCUT2D eigenvalue weighted by atomic mass is 16.5. The molecule has 2 saturated heterocycles. The van der Waals surface area contributed by atoms with Gasteiger partial charge in [-0.25, -0.2) is 0 Å². The van der Waals surface area contributed by atoms with Gasteiger partial charge in [0.1, 0.15) is 24.2 Å². The molecule has 2 fully saturated rings. The molecule has 0 spiro atoms. The van der Waals surface area contributed by atoms with E-state index >= 15 is 0 Å². The maximum absolute atomic E-state index is 13.7. The Morgan fingerprint density at radius 2 is 1.94 bits per heavy atom. The van der Waals surface area contributed by atoms with Crippen LogP contribution in [0.3, 0.4) is 0 Å². The zero-order valence-corrected chi connectivity index (χ0v) is 18.6. The first-order valence-electron chi connectivity index (χ1n) is 11.4. The molecule has 1 aliphatic carbocycles. The Hall–Kier alpha value is -2.69. The van der Waals surface area contributed by atoms with Crippen LogP contribution in [0.4, 0.5) is 5.69 Å². The lowest BCUT2D eigenvalue weighted by atomic mass is 9.55. The van der Waals surface area contributed by atoms with Crippen LogP contribution >= 0.6 is 0 Å². The molecule has 9 nitrogen and oxygen atoms in total. The van der Waals surface area contributed by atoms with Crippen molar-refractivity contribution in [1.29, 1.82) is 0 Å². The molecule has 3 heterocycles. The molecule has 11 heteroatoms. The van der Waals surface area contributed by atoms with Gasteiger partial charge in [-0.3, -0.25) is 14.5 Å². The molecule has 2 aliphatic heterocycles. The third-order valence-electron chi connectivity index (χ3n) is 7.22. The van der Waals surface area contributed by atoms with Crippen LogP contribution in [0.2, 0.25) is 0 Å². The van der Waals surface area contributed by atoms with Crippen LogP contribution in [0, 0.1) is 17.8 Å². The van der Waals surface area contributed by atoms with Crippen molar-refractivity contribution in [2.45, 2.75) is 38.9 Å². The van der Waals surface area contributed by atoms with Crippen molar-refractivity contribution < 1.29 is 38.8 Å². The van der Waals surface area contributed by atoms with E-state index in [0.29, 0.717) is 36.3 Å². The third-order valence-corrected chi connectivity index (χ3v) is 7.22. The van der Waals surface area contributed by atoms with Crippen molar-refractivity contribution in [2.24, 2.45) is 17.8 Å². The molecule has 1 aromatic heterocycles. The molecule has 1 aromatic carbocycles. The van der Waals surface area contributed by atoms with Gasteiger partial charge in [0.2, 0.25) is 11.8 Å². The molecule has 0 unspecified atom stereocenters. The average molecular weight is 465 g/mol. The van der Waals surface area contributed by atoms with E-state index in [1.54, 1.807) is 24.3 Å². The fourth-order valence-corrected chi connectivity index (χ4v) is 5.66. The first-order valence-corrected chi connectivity index (χ1v) is 11.4. The van der Waals surface area contributed by atoms with Crippen molar-refractivity contribution in [2.75, 3.05) is 4.90 Å². The summed E-state index contributed by atoms with van der Waals surface area (Å²) in [7, 11) is -2.95. The topological polar surface area (TPSA) is 141 Å². The van der Waals surface area contributed by atoms with Gasteiger partial charge in [-0.1, -0.05) is 24.6 Å². The van der Waals surface area contributed by atoms with Crippen LogP contribution in [-0.4, -0.2) is 46.2 Å². The summed E-state index contributed by atoms with van der Waals surface area (Å²) >= 11 is 0. The number of fused-ring (bicyclic) bond motifs is 3. The Balaban J connectivity index is 1.52. The van der Waals surface area contributed by atoms with E-state index in [1.807, 2.05) is 6.92 Å². The van der Waals surface area contributed by atoms with Crippen molar-refractivity contribution in [3.63, 3.8) is 0 Å². The van der Waals surface area contributed by atoms with Gasteiger partial charge >= 0.3 is 14.2 Å². The minimum Gasteiger partial charge on any atom is -0.461 e. The van der Waals surface area contributed by atoms with Crippen molar-refractivity contribution >= 4 is 37.2 Å². The highest BCUT2D eigenvalue weighted by Gasteiger charge is 2.58. The average Bonchev–Trinajstić information content (AvgIpc) is 3.41. The number of carbonyl (C=O) groups excluding carboxylic acids is 2. The number of aliphatic hydroxyl groups excluding tert-OH is 1. The summed E-state index contributed by atoms with van der Waals surface area (Å²) in [6.45, 7) is 1.68. The molecule has 176 valence electrons. The summed E-state index contributed by atoms with van der Waals surface area (Å²) in [5.74, 6) is -1.56. The normalized spacial score (nSPS) is 26.7. The maximum atomic E-state index is 13.7. The summed E-state index contributed by atoms with van der Waals surface area (Å²) in [6.07, 6.45) is 0.684. The molecule has 3 aliphatic rings. The molecular formula is C23H25B2NO8. The number of rotatable bonds is 5. The van der Waals surface area contributed by atoms with E-state index in [9.17, 15) is 29.8 Å². The quantitative estimate of drug-likeness (QED) is 0.369. The van der Waals surface area contributed by atoms with E-state index in [1.165, 1.54) is 12.1 Å². The number of anilines is 1. The fraction of sp³-hybridized carbons (Fsp3) is 0.391. The van der Waals surface area contributed by atoms with E-state index in [4.69, 9.17) is 9.07 Å². The van der Waals surface area contributed by atoms with Crippen LogP contribution in [0.1, 0.15) is 43.8 Å². The number of hydrogen-bond donors (Lipinski definition) is 4. The number of carbonyl (C=O) groups is 2. The lowest BCUT2D eigenvalue weighted by Crippen LogP contribution is -2.44. The molecule has 5 rings (SSSR count). The second-order valence-electron chi connectivity index (χ2n) is 9.01. The van der Waals surface area contributed by atoms with Crippen molar-refractivity contribution in [1.82, 2.24) is 0 Å². The Morgan fingerprint density at radius 3 is 2.62 bits per heavy atom. The first-order chi connectivity index (χ1) is 16.3. The van der Waals surface area contributed by atoms with Crippen molar-refractivity contribution in [3.8, 4) is 0 Å². The number of nitrogens with zero attached hydrogens (tertiary/aromatic N) is 1. The maximum Gasteiger partial charge on any atom is 0.488 e. The Kier molecular flexibility index (Phi) is 5.99. The van der Waals surface area contributed by atoms with Crippen LogP contribution < -0.4 is 10.4 Å². The summed E-state index contributed by atoms with van der Waals surface area (Å²) < 4.78 is 11.5. The van der Waals surface area contributed by atoms with Gasteiger partial charge in [-0.15, -0.1) is 0 Å². The number of amides is 2. The zero-order valence-electron chi connectivity index (χ0n) is 18.6. The van der Waals surface area contributed by atoms with Gasteiger partial charge < -0.3 is 29.3 Å². The largest absolute Gasteiger partial charge is 0.488 e. The lowest BCUT2D eigenvalue weighted by molar-refractivity contribution is -0.123. The molecule has 0 saturated carbocycles. The van der Waals surface area contributed by atoms with E-state index < -0.39 is 38.1 Å². The molecular weight excluding hydrogens is 440 g/mol. The minimum absolute atomic E-state index is 0.181. The number of benzene rings is 1. The standard InChI is InChI=1S/C23H25B2NO8/c1-2-12-8-17-20(23(29)26(22(17)28)14-5-3-4-13(9-14)24(30)31)16-10-19(34-25(32)21(12)16)18-7-6-15(11-27)33-18/h3-7,9,16-17,19-20,27,30-32H,2,8,10-11H2,1H3/t16-,17-,19-,20+/m0/s1. The predicted octanol–water partition coefficient (Wildman–Crippen LogP) is 0.465. The van der Waals surface area contributed by atoms with Gasteiger partial charge in [-0.2, -0.15) is 0 Å². The van der Waals surface area contributed by atoms with Gasteiger partial charge in [0.15, 0.2) is 0 Å². The lowest BCUT2D eigenvalue weighted by Gasteiger charge is -2.41. The highest BCUT2D eigenvalue weighted by Crippen LogP contribution is 2.52. The molecule has 4 atom stereocenters. The van der Waals surface area contributed by atoms with Crippen LogP contribution in [-0.2, 0) is 20.9 Å². The Bertz CT molecular complexity index is 1160. The van der Waals surface area contributed by atoms with Gasteiger partial charge in [-0.05, 0) is 60.4 Å². The van der Waals surface area contributed by atoms with Gasteiger partial charge in [0, 0.05) is 0 Å². The second-order valence-corrected chi connectivity index (χ2v) is 9.01. The zero-order chi connectivity index (χ0) is 24.1. The Labute approximate surface area is 196 Å². The second kappa shape index (κ2) is 8.83. The molecule has 2 aromatic rings. The number of imide groups is 1. The first kappa shape index (κ1) is 23.1. The summed E-state index contributed by atoms with van der Waals surface area (Å²) in [5, 5.41) is 39.3. The number of aliphatic hydroxyl groups is 1. The van der Waals surface area contributed by atoms with Gasteiger partial charge in [0.25, 0.3) is 0 Å². The highest BCUT2D eigenvalue weighted by molar-refractivity contribution is 6.58. The SMILES string of the molecule is CCC1=C2B(O)O[C@H](c3ccc(CO)o3)C[C@H]2[C@H]2C(=O)N(c3cccc(B(O)O)c3)C(=O)[C@H]2C1. The predicted molar refractivity (Wildman–Crippen MR) is 122 cm³/mol. The molecule has 34 heavy (non-hydrogen) atoms. The fourth-order valence-electron chi connectivity index (χ4n) is 5.66. The molecule has 0 bridgehead atoms. The smallest absolute Gasteiger partial charge is 0.461 e. The van der Waals surface area contributed by atoms with Crippen molar-refractivity contribution in [3.05, 3.63) is 59.0 Å². The molecule has 4 N–H and O–H groups in total. The number of allylic oxidation sites excluding steroid dienone is 2. The molecule has 2 amide bonds. The summed E-state index contributed by atoms with van der Waals surface area (Å²) in [6, 6.07) is 9.40. The number of furan rings is 1. The molecule has 0 radical (unpaired) electrons. The minimum atomic E-state index is -1.72. The van der Waals surface area contributed by atoms with Crippen LogP contribution in [0.25, 0.3) is 0 Å². The monoisotopic (exact) mass is 465 g/mol. The summed E-state index contributed by atoms with van der Waals surface area (Å²) in [5.41, 5.74) is 2.05. The van der Waals surface area contributed by atoms with Crippen LogP contribution in [0.15, 0.2) is 51.9 Å². The number of hydrogen-bond acceptors (Lipinski definition) is 8. The third kappa shape index (κ3) is 3.64. The Morgan fingerprint density at radius 1 is 1.15 bits per heavy atom. The van der Waals surface area contributed by atoms with Crippen LogP contribution in [0.5, 0.6) is 0 Å². The van der Waals surface area contributed by atoms with E-state index in [2.05, 4.69) is 0 Å². The van der Waals surface area contributed by atoms with E-state index in [-0.39, 0.29) is 29.6 Å². The summed E-state index contributed by atoms with van der Waals surface area (Å²) in [4.78, 5) is 28.3. The van der Waals surface area contributed by atoms with Gasteiger partial charge in [0.05, 0.1) is 17.5 Å². The van der Waals surface area contributed by atoms with E-state index in [0.717, 1.165) is 10.5 Å².